The zero-order valence-corrected chi connectivity index (χ0v) is 11.7. The number of nitrogens with zero attached hydrogens (tertiary/aromatic N) is 1. The van der Waals surface area contributed by atoms with E-state index in [2.05, 4.69) is 24.1 Å². The number of carbonyl (C=O) groups excluding carboxylic acids is 1. The van der Waals surface area contributed by atoms with Gasteiger partial charge in [0.05, 0.1) is 0 Å². The molecule has 102 valence electrons. The highest BCUT2D eigenvalue weighted by Crippen LogP contribution is 2.36. The van der Waals surface area contributed by atoms with Crippen LogP contribution in [0.15, 0.2) is 0 Å². The van der Waals surface area contributed by atoms with Crippen LogP contribution in [0, 0.1) is 17.8 Å². The first-order valence-corrected chi connectivity index (χ1v) is 7.69. The second-order valence-electron chi connectivity index (χ2n) is 6.77. The number of hydrogen-bond donors (Lipinski definition) is 1. The molecule has 3 rings (SSSR count). The van der Waals surface area contributed by atoms with E-state index in [-0.39, 0.29) is 0 Å². The topological polar surface area (TPSA) is 32.3 Å². The average molecular weight is 250 g/mol. The van der Waals surface area contributed by atoms with Crippen LogP contribution in [0.5, 0.6) is 0 Å². The maximum absolute atomic E-state index is 12.8. The van der Waals surface area contributed by atoms with E-state index < -0.39 is 0 Å². The number of hydrogen-bond acceptors (Lipinski definition) is 2. The summed E-state index contributed by atoms with van der Waals surface area (Å²) in [5.41, 5.74) is 0. The molecule has 3 nitrogen and oxygen atoms in total. The standard InChI is InChI=1S/C15H26N2O/c1-10-3-5-12(6-4-10)15(18)17-11(2)7-13-8-16-9-14(13)17/h10-14,16H,3-9H2,1-2H3. The Kier molecular flexibility index (Phi) is 3.35. The molecule has 0 aromatic rings. The second kappa shape index (κ2) is 4.84. The molecule has 1 saturated carbocycles. The van der Waals surface area contributed by atoms with Crippen LogP contribution in [-0.4, -0.2) is 36.0 Å². The lowest BCUT2D eigenvalue weighted by Gasteiger charge is -2.34. The molecule has 0 spiro atoms. The monoisotopic (exact) mass is 250 g/mol. The van der Waals surface area contributed by atoms with E-state index in [4.69, 9.17) is 0 Å². The van der Waals surface area contributed by atoms with Gasteiger partial charge in [0.25, 0.3) is 0 Å². The number of nitrogens with one attached hydrogen (secondary N) is 1. The molecule has 3 aliphatic rings. The Morgan fingerprint density at radius 3 is 2.56 bits per heavy atom. The summed E-state index contributed by atoms with van der Waals surface area (Å²) in [6.07, 6.45) is 5.92. The summed E-state index contributed by atoms with van der Waals surface area (Å²) in [6.45, 7) is 6.68. The lowest BCUT2D eigenvalue weighted by Crippen LogP contribution is -2.46. The minimum atomic E-state index is 0.322. The fourth-order valence-corrected chi connectivity index (χ4v) is 4.26. The lowest BCUT2D eigenvalue weighted by molar-refractivity contribution is -0.139. The van der Waals surface area contributed by atoms with Crippen molar-refractivity contribution >= 4 is 5.91 Å². The van der Waals surface area contributed by atoms with Crippen LogP contribution in [-0.2, 0) is 4.79 Å². The molecular weight excluding hydrogens is 224 g/mol. The molecule has 0 radical (unpaired) electrons. The summed E-state index contributed by atoms with van der Waals surface area (Å²) in [4.78, 5) is 15.0. The molecule has 0 aromatic carbocycles. The Balaban J connectivity index is 1.68. The van der Waals surface area contributed by atoms with E-state index in [1.54, 1.807) is 0 Å². The van der Waals surface area contributed by atoms with E-state index >= 15 is 0 Å². The van der Waals surface area contributed by atoms with Crippen molar-refractivity contribution in [3.63, 3.8) is 0 Å². The van der Waals surface area contributed by atoms with Crippen molar-refractivity contribution in [1.82, 2.24) is 10.2 Å². The predicted molar refractivity (Wildman–Crippen MR) is 72.2 cm³/mol. The van der Waals surface area contributed by atoms with Gasteiger partial charge in [0.1, 0.15) is 0 Å². The van der Waals surface area contributed by atoms with Gasteiger partial charge in [-0.05, 0) is 50.9 Å². The van der Waals surface area contributed by atoms with Crippen molar-refractivity contribution < 1.29 is 4.79 Å². The fraction of sp³-hybridized carbons (Fsp3) is 0.933. The van der Waals surface area contributed by atoms with Gasteiger partial charge in [-0.25, -0.2) is 0 Å². The fourth-order valence-electron chi connectivity index (χ4n) is 4.26. The first kappa shape index (κ1) is 12.5. The highest BCUT2D eigenvalue weighted by Gasteiger charge is 2.45. The highest BCUT2D eigenvalue weighted by atomic mass is 16.2. The molecule has 2 aliphatic heterocycles. The van der Waals surface area contributed by atoms with Crippen LogP contribution >= 0.6 is 0 Å². The van der Waals surface area contributed by atoms with E-state index in [1.165, 1.54) is 19.3 Å². The van der Waals surface area contributed by atoms with Crippen molar-refractivity contribution in [2.24, 2.45) is 17.8 Å². The molecule has 18 heavy (non-hydrogen) atoms. The predicted octanol–water partition coefficient (Wildman–Crippen LogP) is 2.02. The van der Waals surface area contributed by atoms with Gasteiger partial charge >= 0.3 is 0 Å². The van der Waals surface area contributed by atoms with E-state index in [1.807, 2.05) is 0 Å². The third kappa shape index (κ3) is 2.07. The summed E-state index contributed by atoms with van der Waals surface area (Å²) in [6, 6.07) is 0.959. The zero-order valence-electron chi connectivity index (χ0n) is 11.7. The maximum Gasteiger partial charge on any atom is 0.226 e. The van der Waals surface area contributed by atoms with Gasteiger partial charge in [-0.2, -0.15) is 0 Å². The molecule has 0 aromatic heterocycles. The quantitative estimate of drug-likeness (QED) is 0.772. The summed E-state index contributed by atoms with van der Waals surface area (Å²) in [7, 11) is 0. The molecule has 3 atom stereocenters. The van der Waals surface area contributed by atoms with Crippen molar-refractivity contribution in [3.05, 3.63) is 0 Å². The molecule has 3 unspecified atom stereocenters. The summed E-state index contributed by atoms with van der Waals surface area (Å²) >= 11 is 0. The van der Waals surface area contributed by atoms with E-state index in [0.29, 0.717) is 29.8 Å². The molecule has 3 heteroatoms. The number of amides is 1. The van der Waals surface area contributed by atoms with Gasteiger partial charge in [0.15, 0.2) is 0 Å². The number of likely N-dealkylation sites (tertiary alicyclic amines) is 1. The minimum Gasteiger partial charge on any atom is -0.335 e. The molecule has 1 aliphatic carbocycles. The first-order valence-electron chi connectivity index (χ1n) is 7.69. The second-order valence-corrected chi connectivity index (χ2v) is 6.77. The van der Waals surface area contributed by atoms with Gasteiger partial charge in [0, 0.05) is 31.1 Å². The largest absolute Gasteiger partial charge is 0.335 e. The van der Waals surface area contributed by atoms with Crippen molar-refractivity contribution in [1.29, 1.82) is 0 Å². The third-order valence-corrected chi connectivity index (χ3v) is 5.40. The van der Waals surface area contributed by atoms with Crippen molar-refractivity contribution in [2.75, 3.05) is 13.1 Å². The van der Waals surface area contributed by atoms with Gasteiger partial charge < -0.3 is 10.2 Å². The molecular formula is C15H26N2O. The normalized spacial score (nSPS) is 44.1. The maximum atomic E-state index is 12.8. The Hall–Kier alpha value is -0.570. The van der Waals surface area contributed by atoms with Gasteiger partial charge in [0.2, 0.25) is 5.91 Å². The Labute approximate surface area is 110 Å². The van der Waals surface area contributed by atoms with E-state index in [9.17, 15) is 4.79 Å². The molecule has 2 saturated heterocycles. The summed E-state index contributed by atoms with van der Waals surface area (Å²) < 4.78 is 0. The third-order valence-electron chi connectivity index (χ3n) is 5.40. The van der Waals surface area contributed by atoms with Gasteiger partial charge in [-0.15, -0.1) is 0 Å². The molecule has 2 heterocycles. The first-order chi connectivity index (χ1) is 8.66. The lowest BCUT2D eigenvalue weighted by atomic mass is 9.82. The van der Waals surface area contributed by atoms with Crippen LogP contribution in [0.1, 0.15) is 46.0 Å². The molecule has 3 fully saturated rings. The molecule has 0 bridgehead atoms. The number of carbonyl (C=O) groups is 1. The zero-order chi connectivity index (χ0) is 12.7. The van der Waals surface area contributed by atoms with Crippen molar-refractivity contribution in [3.8, 4) is 0 Å². The number of rotatable bonds is 1. The van der Waals surface area contributed by atoms with Crippen LogP contribution < -0.4 is 5.32 Å². The molecule has 1 N–H and O–H groups in total. The Morgan fingerprint density at radius 2 is 1.83 bits per heavy atom. The Bertz CT molecular complexity index is 322. The van der Waals surface area contributed by atoms with Gasteiger partial charge in [-0.1, -0.05) is 6.92 Å². The summed E-state index contributed by atoms with van der Waals surface area (Å²) in [5.74, 6) is 2.33. The number of fused-ring (bicyclic) bond motifs is 1. The van der Waals surface area contributed by atoms with E-state index in [0.717, 1.165) is 31.8 Å². The Morgan fingerprint density at radius 1 is 1.11 bits per heavy atom. The van der Waals surface area contributed by atoms with Gasteiger partial charge in [-0.3, -0.25) is 4.79 Å². The highest BCUT2D eigenvalue weighted by molar-refractivity contribution is 5.80. The minimum absolute atomic E-state index is 0.322. The average Bonchev–Trinajstić information content (AvgIpc) is 2.89. The van der Waals surface area contributed by atoms with Crippen LogP contribution in [0.4, 0.5) is 0 Å². The van der Waals surface area contributed by atoms with Crippen LogP contribution in [0.25, 0.3) is 0 Å². The smallest absolute Gasteiger partial charge is 0.226 e. The van der Waals surface area contributed by atoms with Crippen LogP contribution in [0.3, 0.4) is 0 Å². The summed E-state index contributed by atoms with van der Waals surface area (Å²) in [5, 5.41) is 3.45. The van der Waals surface area contributed by atoms with Crippen molar-refractivity contribution in [2.45, 2.75) is 58.0 Å². The SMILES string of the molecule is CC1CCC(C(=O)N2C(C)CC3CNCC32)CC1. The van der Waals surface area contributed by atoms with Crippen LogP contribution in [0.2, 0.25) is 0 Å². The molecule has 1 amide bonds.